The molecule has 3 aliphatic heterocycles. The summed E-state index contributed by atoms with van der Waals surface area (Å²) in [5.41, 5.74) is 3.46. The summed E-state index contributed by atoms with van der Waals surface area (Å²) in [5.74, 6) is 0.424. The third kappa shape index (κ3) is 2.81. The van der Waals surface area contributed by atoms with E-state index in [-0.39, 0.29) is 5.91 Å². The van der Waals surface area contributed by atoms with Crippen LogP contribution in [0, 0.1) is 0 Å². The first kappa shape index (κ1) is 17.4. The Labute approximate surface area is 158 Å². The quantitative estimate of drug-likeness (QED) is 0.821. The lowest BCUT2D eigenvalue weighted by Crippen LogP contribution is -2.62. The summed E-state index contributed by atoms with van der Waals surface area (Å²) in [5, 5.41) is 5.89. The van der Waals surface area contributed by atoms with Gasteiger partial charge in [-0.2, -0.15) is 0 Å². The minimum atomic E-state index is -0.503. The number of carbonyl (C=O) groups excluding carboxylic acids is 2. The molecule has 0 radical (unpaired) electrons. The Kier molecular flexibility index (Phi) is 4.25. The number of allylic oxidation sites excluding steroid dienone is 1. The Morgan fingerprint density at radius 1 is 1.26 bits per heavy atom. The fourth-order valence-corrected chi connectivity index (χ4v) is 3.83. The second-order valence-corrected chi connectivity index (χ2v) is 6.96. The van der Waals surface area contributed by atoms with Crippen LogP contribution in [0.3, 0.4) is 0 Å². The summed E-state index contributed by atoms with van der Waals surface area (Å²) in [6.45, 7) is 5.61. The van der Waals surface area contributed by atoms with Crippen LogP contribution in [-0.4, -0.2) is 64.9 Å². The predicted molar refractivity (Wildman–Crippen MR) is 103 cm³/mol. The molecule has 2 N–H and O–H groups in total. The van der Waals surface area contributed by atoms with Gasteiger partial charge in [-0.3, -0.25) is 10.1 Å². The van der Waals surface area contributed by atoms with Gasteiger partial charge in [-0.25, -0.2) is 9.79 Å². The van der Waals surface area contributed by atoms with Crippen molar-refractivity contribution in [2.45, 2.75) is 32.5 Å². The van der Waals surface area contributed by atoms with Crippen LogP contribution in [0.4, 0.5) is 10.5 Å². The average molecular weight is 368 g/mol. The van der Waals surface area contributed by atoms with Gasteiger partial charge in [-0.15, -0.1) is 0 Å². The molecule has 4 rings (SSSR count). The highest BCUT2D eigenvalue weighted by molar-refractivity contribution is 6.04. The zero-order valence-electron chi connectivity index (χ0n) is 15.8. The van der Waals surface area contributed by atoms with Crippen LogP contribution in [0.15, 0.2) is 41.2 Å². The summed E-state index contributed by atoms with van der Waals surface area (Å²) >= 11 is 0. The van der Waals surface area contributed by atoms with Gasteiger partial charge in [0.25, 0.3) is 5.91 Å². The SMILES string of the molecule is CCc1ccccc1NCCN1C(C)=CN2C1=NC1C2C(=O)NC(=O)N1C. The molecule has 142 valence electrons. The number of anilines is 1. The first-order chi connectivity index (χ1) is 13.0. The van der Waals surface area contributed by atoms with Gasteiger partial charge in [0.15, 0.2) is 12.2 Å². The van der Waals surface area contributed by atoms with Crippen LogP contribution in [0.2, 0.25) is 0 Å². The van der Waals surface area contributed by atoms with Crippen molar-refractivity contribution in [3.63, 3.8) is 0 Å². The summed E-state index contributed by atoms with van der Waals surface area (Å²) in [7, 11) is 1.66. The maximum Gasteiger partial charge on any atom is 0.325 e. The second-order valence-electron chi connectivity index (χ2n) is 6.96. The Bertz CT molecular complexity index is 848. The number of imide groups is 1. The van der Waals surface area contributed by atoms with Gasteiger partial charge < -0.3 is 20.0 Å². The zero-order chi connectivity index (χ0) is 19.1. The van der Waals surface area contributed by atoms with E-state index < -0.39 is 18.2 Å². The van der Waals surface area contributed by atoms with Gasteiger partial charge in [0.2, 0.25) is 5.96 Å². The summed E-state index contributed by atoms with van der Waals surface area (Å²) in [4.78, 5) is 34.3. The molecule has 1 fully saturated rings. The van der Waals surface area contributed by atoms with Crippen LogP contribution in [-0.2, 0) is 11.2 Å². The van der Waals surface area contributed by atoms with Gasteiger partial charge >= 0.3 is 6.03 Å². The Hall–Kier alpha value is -3.03. The lowest BCUT2D eigenvalue weighted by molar-refractivity contribution is -0.126. The molecule has 0 spiro atoms. The number of nitrogens with zero attached hydrogens (tertiary/aromatic N) is 4. The molecule has 1 aromatic rings. The van der Waals surface area contributed by atoms with Crippen LogP contribution < -0.4 is 10.6 Å². The monoisotopic (exact) mass is 368 g/mol. The molecule has 1 saturated heterocycles. The van der Waals surface area contributed by atoms with E-state index >= 15 is 0 Å². The average Bonchev–Trinajstić information content (AvgIpc) is 3.16. The molecule has 3 aliphatic rings. The molecule has 2 atom stereocenters. The number of hydrogen-bond donors (Lipinski definition) is 2. The molecule has 2 unspecified atom stereocenters. The van der Waals surface area contributed by atoms with Gasteiger partial charge in [0, 0.05) is 37.7 Å². The molecule has 1 aromatic carbocycles. The van der Waals surface area contributed by atoms with Crippen LogP contribution in [0.5, 0.6) is 0 Å². The van der Waals surface area contributed by atoms with E-state index in [1.165, 1.54) is 10.5 Å². The highest BCUT2D eigenvalue weighted by Crippen LogP contribution is 2.31. The predicted octanol–water partition coefficient (Wildman–Crippen LogP) is 1.39. The largest absolute Gasteiger partial charge is 0.383 e. The molecule has 0 saturated carbocycles. The minimum Gasteiger partial charge on any atom is -0.383 e. The Balaban J connectivity index is 1.47. The van der Waals surface area contributed by atoms with E-state index in [1.54, 1.807) is 7.05 Å². The van der Waals surface area contributed by atoms with Crippen molar-refractivity contribution in [2.24, 2.45) is 4.99 Å². The summed E-state index contributed by atoms with van der Waals surface area (Å²) in [6.07, 6.45) is 2.43. The molecule has 8 heteroatoms. The third-order valence-electron chi connectivity index (χ3n) is 5.32. The van der Waals surface area contributed by atoms with E-state index in [0.29, 0.717) is 6.54 Å². The molecular formula is C19H24N6O2. The summed E-state index contributed by atoms with van der Waals surface area (Å²) < 4.78 is 0. The minimum absolute atomic E-state index is 0.303. The smallest absolute Gasteiger partial charge is 0.325 e. The maximum absolute atomic E-state index is 12.3. The molecule has 27 heavy (non-hydrogen) atoms. The number of nitrogens with one attached hydrogen (secondary N) is 2. The van der Waals surface area contributed by atoms with Crippen molar-refractivity contribution in [1.29, 1.82) is 0 Å². The fraction of sp³-hybridized carbons (Fsp3) is 0.421. The zero-order valence-corrected chi connectivity index (χ0v) is 15.8. The van der Waals surface area contributed by atoms with Gasteiger partial charge in [-0.1, -0.05) is 25.1 Å². The van der Waals surface area contributed by atoms with Gasteiger partial charge in [-0.05, 0) is 25.0 Å². The van der Waals surface area contributed by atoms with Crippen LogP contribution in [0.25, 0.3) is 0 Å². The molecule has 3 amide bonds. The lowest BCUT2D eigenvalue weighted by atomic mass is 10.1. The van der Waals surface area contributed by atoms with Crippen molar-refractivity contribution >= 4 is 23.6 Å². The van der Waals surface area contributed by atoms with Crippen molar-refractivity contribution in [3.05, 3.63) is 41.7 Å². The number of carbonyl (C=O) groups is 2. The van der Waals surface area contributed by atoms with E-state index in [4.69, 9.17) is 0 Å². The van der Waals surface area contributed by atoms with E-state index in [0.717, 1.165) is 30.3 Å². The van der Waals surface area contributed by atoms with Crippen molar-refractivity contribution in [2.75, 3.05) is 25.5 Å². The van der Waals surface area contributed by atoms with Gasteiger partial charge in [0.1, 0.15) is 0 Å². The number of likely N-dealkylation sites (N-methyl/N-ethyl adjacent to an activating group) is 1. The van der Waals surface area contributed by atoms with Crippen LogP contribution in [0.1, 0.15) is 19.4 Å². The van der Waals surface area contributed by atoms with Crippen LogP contribution >= 0.6 is 0 Å². The molecule has 3 heterocycles. The van der Waals surface area contributed by atoms with Gasteiger partial charge in [0.05, 0.1) is 0 Å². The molecular weight excluding hydrogens is 344 g/mol. The topological polar surface area (TPSA) is 80.3 Å². The number of para-hydroxylation sites is 1. The van der Waals surface area contributed by atoms with Crippen molar-refractivity contribution < 1.29 is 9.59 Å². The molecule has 0 aliphatic carbocycles. The summed E-state index contributed by atoms with van der Waals surface area (Å²) in [6, 6.07) is 7.38. The Morgan fingerprint density at radius 2 is 2.04 bits per heavy atom. The molecule has 0 aromatic heterocycles. The molecule has 8 nitrogen and oxygen atoms in total. The highest BCUT2D eigenvalue weighted by atomic mass is 16.2. The second kappa shape index (κ2) is 6.61. The van der Waals surface area contributed by atoms with E-state index in [1.807, 2.05) is 30.2 Å². The number of urea groups is 1. The first-order valence-electron chi connectivity index (χ1n) is 9.22. The number of amides is 3. The fourth-order valence-electron chi connectivity index (χ4n) is 3.83. The maximum atomic E-state index is 12.3. The van der Waals surface area contributed by atoms with E-state index in [2.05, 4.69) is 39.6 Å². The molecule has 0 bridgehead atoms. The number of hydrogen-bond acceptors (Lipinski definition) is 6. The number of benzene rings is 1. The number of aliphatic imine (C=N–C) groups is 1. The lowest BCUT2D eigenvalue weighted by Gasteiger charge is -2.34. The first-order valence-corrected chi connectivity index (χ1v) is 9.22. The number of aryl methyl sites for hydroxylation is 1. The normalized spacial score (nSPS) is 23.7. The third-order valence-corrected chi connectivity index (χ3v) is 5.32. The van der Waals surface area contributed by atoms with Crippen molar-refractivity contribution in [1.82, 2.24) is 20.0 Å². The van der Waals surface area contributed by atoms with Crippen molar-refractivity contribution in [3.8, 4) is 0 Å². The number of guanidine groups is 1. The number of fused-ring (bicyclic) bond motifs is 3. The standard InChI is InChI=1S/C19H24N6O2/c1-4-13-7-5-6-8-14(13)20-9-10-24-12(2)11-25-15-16(21-18(24)25)23(3)19(27)22-17(15)26/h5-8,11,15-16,20H,4,9-10H2,1-3H3,(H,22,26,27). The number of rotatable bonds is 5. The van der Waals surface area contributed by atoms with E-state index in [9.17, 15) is 9.59 Å². The highest BCUT2D eigenvalue weighted by Gasteiger charge is 2.51. The Morgan fingerprint density at radius 3 is 2.81 bits per heavy atom.